The molecule has 1 unspecified atom stereocenters. The van der Waals surface area contributed by atoms with Crippen molar-refractivity contribution in [3.05, 3.63) is 0 Å². The summed E-state index contributed by atoms with van der Waals surface area (Å²) in [5.41, 5.74) is 0. The van der Waals surface area contributed by atoms with Crippen molar-refractivity contribution < 1.29 is 19.4 Å². The molecule has 1 amide bonds. The molecule has 0 heterocycles. The van der Waals surface area contributed by atoms with Gasteiger partial charge in [-0.3, -0.25) is 14.5 Å². The van der Waals surface area contributed by atoms with Crippen molar-refractivity contribution in [2.24, 2.45) is 0 Å². The molecule has 0 spiro atoms. The minimum atomic E-state index is -0.888. The Morgan fingerprint density at radius 3 is 2.67 bits per heavy atom. The molecule has 1 aliphatic carbocycles. The quantitative estimate of drug-likeness (QED) is 0.572. The van der Waals surface area contributed by atoms with Gasteiger partial charge < -0.3 is 15.2 Å². The Labute approximate surface area is 107 Å². The molecule has 0 aromatic heterocycles. The first-order valence-corrected chi connectivity index (χ1v) is 6.30. The highest BCUT2D eigenvalue weighted by atomic mass is 16.5. The Morgan fingerprint density at radius 2 is 2.17 bits per heavy atom. The van der Waals surface area contributed by atoms with Gasteiger partial charge in [-0.15, -0.1) is 0 Å². The van der Waals surface area contributed by atoms with Gasteiger partial charge in [0.15, 0.2) is 0 Å². The SMILES string of the molecule is COCCCNC(=O)C(C)N(CC(=O)O)C1CC1. The summed E-state index contributed by atoms with van der Waals surface area (Å²) < 4.78 is 4.89. The Balaban J connectivity index is 2.36. The van der Waals surface area contributed by atoms with Gasteiger partial charge in [-0.2, -0.15) is 0 Å². The summed E-state index contributed by atoms with van der Waals surface area (Å²) in [4.78, 5) is 24.4. The Morgan fingerprint density at radius 1 is 1.50 bits per heavy atom. The number of carbonyl (C=O) groups is 2. The van der Waals surface area contributed by atoms with E-state index in [-0.39, 0.29) is 18.5 Å². The maximum absolute atomic E-state index is 11.9. The third-order valence-electron chi connectivity index (χ3n) is 3.04. The molecule has 0 bridgehead atoms. The lowest BCUT2D eigenvalue weighted by atomic mass is 10.2. The van der Waals surface area contributed by atoms with Gasteiger partial charge in [0, 0.05) is 26.3 Å². The van der Waals surface area contributed by atoms with E-state index in [1.165, 1.54) is 0 Å². The van der Waals surface area contributed by atoms with Crippen LogP contribution in [0.2, 0.25) is 0 Å². The highest BCUT2D eigenvalue weighted by Crippen LogP contribution is 2.28. The minimum absolute atomic E-state index is 0.0721. The number of amides is 1. The molecule has 0 radical (unpaired) electrons. The van der Waals surface area contributed by atoms with E-state index in [4.69, 9.17) is 9.84 Å². The van der Waals surface area contributed by atoms with Gasteiger partial charge in [0.2, 0.25) is 5.91 Å². The molecule has 1 aliphatic rings. The maximum atomic E-state index is 11.9. The summed E-state index contributed by atoms with van der Waals surface area (Å²) >= 11 is 0. The van der Waals surface area contributed by atoms with Crippen LogP contribution in [-0.2, 0) is 14.3 Å². The number of nitrogens with one attached hydrogen (secondary N) is 1. The predicted octanol–water partition coefficient (Wildman–Crippen LogP) is 0.0766. The maximum Gasteiger partial charge on any atom is 0.317 e. The lowest BCUT2D eigenvalue weighted by Crippen LogP contribution is -2.48. The fourth-order valence-corrected chi connectivity index (χ4v) is 1.87. The smallest absolute Gasteiger partial charge is 0.317 e. The van der Waals surface area contributed by atoms with E-state index in [9.17, 15) is 9.59 Å². The molecule has 1 saturated carbocycles. The molecule has 2 N–H and O–H groups in total. The summed E-state index contributed by atoms with van der Waals surface area (Å²) in [6.45, 7) is 2.85. The molecule has 1 atom stereocenters. The first kappa shape index (κ1) is 14.9. The number of methoxy groups -OCH3 is 1. The van der Waals surface area contributed by atoms with Crippen LogP contribution in [0.4, 0.5) is 0 Å². The first-order chi connectivity index (χ1) is 8.56. The largest absolute Gasteiger partial charge is 0.480 e. The van der Waals surface area contributed by atoms with Crippen molar-refractivity contribution in [2.45, 2.75) is 38.3 Å². The molecule has 0 saturated heterocycles. The van der Waals surface area contributed by atoms with Crippen LogP contribution in [0.1, 0.15) is 26.2 Å². The lowest BCUT2D eigenvalue weighted by Gasteiger charge is -2.26. The standard InChI is InChI=1S/C12H22N2O4/c1-9(12(17)13-6-3-7-18-2)14(8-11(15)16)10-4-5-10/h9-10H,3-8H2,1-2H3,(H,13,17)(H,15,16). The number of carboxylic acids is 1. The number of carboxylic acid groups (broad SMARTS) is 1. The number of hydrogen-bond donors (Lipinski definition) is 2. The molecule has 1 fully saturated rings. The number of aliphatic carboxylic acids is 1. The zero-order chi connectivity index (χ0) is 13.5. The third-order valence-corrected chi connectivity index (χ3v) is 3.04. The number of hydrogen-bond acceptors (Lipinski definition) is 4. The highest BCUT2D eigenvalue weighted by Gasteiger charge is 2.35. The molecule has 0 aromatic carbocycles. The van der Waals surface area contributed by atoms with Gasteiger partial charge in [-0.05, 0) is 26.2 Å². The van der Waals surface area contributed by atoms with Crippen molar-refractivity contribution in [1.82, 2.24) is 10.2 Å². The summed E-state index contributed by atoms with van der Waals surface area (Å²) in [6, 6.07) is -0.142. The monoisotopic (exact) mass is 258 g/mol. The van der Waals surface area contributed by atoms with Crippen LogP contribution in [0.5, 0.6) is 0 Å². The van der Waals surface area contributed by atoms with Crippen LogP contribution in [0.25, 0.3) is 0 Å². The topological polar surface area (TPSA) is 78.9 Å². The van der Waals surface area contributed by atoms with Crippen molar-refractivity contribution in [3.8, 4) is 0 Å². The van der Waals surface area contributed by atoms with Gasteiger partial charge >= 0.3 is 5.97 Å². The van der Waals surface area contributed by atoms with E-state index in [0.717, 1.165) is 19.3 Å². The number of carbonyl (C=O) groups excluding carboxylic acids is 1. The van der Waals surface area contributed by atoms with Crippen LogP contribution in [-0.4, -0.2) is 60.8 Å². The van der Waals surface area contributed by atoms with Gasteiger partial charge in [0.05, 0.1) is 12.6 Å². The fourth-order valence-electron chi connectivity index (χ4n) is 1.87. The van der Waals surface area contributed by atoms with E-state index >= 15 is 0 Å². The fraction of sp³-hybridized carbons (Fsp3) is 0.833. The summed E-state index contributed by atoms with van der Waals surface area (Å²) in [6.07, 6.45) is 2.72. The number of rotatable bonds is 9. The van der Waals surface area contributed by atoms with Crippen LogP contribution >= 0.6 is 0 Å². The Bertz CT molecular complexity index is 292. The zero-order valence-corrected chi connectivity index (χ0v) is 11.0. The van der Waals surface area contributed by atoms with E-state index in [1.54, 1.807) is 18.9 Å². The Hall–Kier alpha value is -1.14. The van der Waals surface area contributed by atoms with E-state index in [2.05, 4.69) is 5.32 Å². The first-order valence-electron chi connectivity index (χ1n) is 6.30. The molecule has 0 aromatic rings. The Kier molecular flexibility index (Phi) is 6.07. The van der Waals surface area contributed by atoms with Crippen molar-refractivity contribution in [2.75, 3.05) is 26.8 Å². The van der Waals surface area contributed by atoms with Crippen LogP contribution in [0.15, 0.2) is 0 Å². The zero-order valence-electron chi connectivity index (χ0n) is 11.0. The molecule has 6 nitrogen and oxygen atoms in total. The van der Waals surface area contributed by atoms with E-state index in [0.29, 0.717) is 13.2 Å². The molecular formula is C12H22N2O4. The second kappa shape index (κ2) is 7.33. The minimum Gasteiger partial charge on any atom is -0.480 e. The molecule has 18 heavy (non-hydrogen) atoms. The summed E-state index contributed by atoms with van der Waals surface area (Å²) in [7, 11) is 1.62. The van der Waals surface area contributed by atoms with Crippen LogP contribution in [0, 0.1) is 0 Å². The second-order valence-corrected chi connectivity index (χ2v) is 4.61. The van der Waals surface area contributed by atoms with Gasteiger partial charge in [-0.25, -0.2) is 0 Å². The third kappa shape index (κ3) is 5.01. The summed E-state index contributed by atoms with van der Waals surface area (Å²) in [5, 5.41) is 11.6. The van der Waals surface area contributed by atoms with E-state index < -0.39 is 12.0 Å². The molecule has 6 heteroatoms. The van der Waals surface area contributed by atoms with E-state index in [1.807, 2.05) is 0 Å². The molecule has 104 valence electrons. The lowest BCUT2D eigenvalue weighted by molar-refractivity contribution is -0.140. The normalized spacial score (nSPS) is 16.6. The van der Waals surface area contributed by atoms with Gasteiger partial charge in [-0.1, -0.05) is 0 Å². The average Bonchev–Trinajstić information content (AvgIpc) is 3.14. The van der Waals surface area contributed by atoms with Crippen molar-refractivity contribution >= 4 is 11.9 Å². The molecular weight excluding hydrogens is 236 g/mol. The van der Waals surface area contributed by atoms with Crippen LogP contribution in [0.3, 0.4) is 0 Å². The number of ether oxygens (including phenoxy) is 1. The van der Waals surface area contributed by atoms with Gasteiger partial charge in [0.25, 0.3) is 0 Å². The summed E-state index contributed by atoms with van der Waals surface area (Å²) in [5.74, 6) is -1.000. The van der Waals surface area contributed by atoms with Crippen molar-refractivity contribution in [3.63, 3.8) is 0 Å². The highest BCUT2D eigenvalue weighted by molar-refractivity contribution is 5.82. The predicted molar refractivity (Wildman–Crippen MR) is 66.3 cm³/mol. The van der Waals surface area contributed by atoms with Crippen molar-refractivity contribution in [1.29, 1.82) is 0 Å². The average molecular weight is 258 g/mol. The number of nitrogens with zero attached hydrogens (tertiary/aromatic N) is 1. The molecule has 0 aliphatic heterocycles. The second-order valence-electron chi connectivity index (χ2n) is 4.61. The van der Waals surface area contributed by atoms with Crippen LogP contribution < -0.4 is 5.32 Å². The molecule has 1 rings (SSSR count). The van der Waals surface area contributed by atoms with Gasteiger partial charge in [0.1, 0.15) is 0 Å².